The highest BCUT2D eigenvalue weighted by atomic mass is 16.4. The fourth-order valence-electron chi connectivity index (χ4n) is 1.20. The van der Waals surface area contributed by atoms with Crippen molar-refractivity contribution in [2.75, 3.05) is 26.7 Å². The number of amides is 1. The molecule has 0 unspecified atom stereocenters. The maximum absolute atomic E-state index is 10.6. The fourth-order valence-corrected chi connectivity index (χ4v) is 1.20. The molecule has 7 nitrogen and oxygen atoms in total. The van der Waals surface area contributed by atoms with Gasteiger partial charge in [0.25, 0.3) is 5.91 Å². The van der Waals surface area contributed by atoms with Gasteiger partial charge in [-0.15, -0.1) is 0 Å². The zero-order chi connectivity index (χ0) is 11.4. The molecule has 1 amide bonds. The van der Waals surface area contributed by atoms with Crippen LogP contribution >= 0.6 is 0 Å². The highest BCUT2D eigenvalue weighted by molar-refractivity contribution is 5.76. The average Bonchev–Trinajstić information content (AvgIpc) is 1.76. The van der Waals surface area contributed by atoms with Crippen LogP contribution < -0.4 is 5.73 Å². The predicted octanol–water partition coefficient (Wildman–Crippen LogP) is -1.91. The fraction of sp³-hybridized carbons (Fsp3) is 0.571. The van der Waals surface area contributed by atoms with Gasteiger partial charge in [0.15, 0.2) is 19.6 Å². The number of quaternary nitrogens is 1. The number of carbonyl (C=O) groups is 3. The summed E-state index contributed by atoms with van der Waals surface area (Å²) >= 11 is 0. The number of nitrogens with two attached hydrogens (primary N) is 1. The number of carboxylic acids is 2. The Morgan fingerprint density at radius 3 is 1.64 bits per heavy atom. The van der Waals surface area contributed by atoms with Gasteiger partial charge in [-0.3, -0.25) is 9.28 Å². The summed E-state index contributed by atoms with van der Waals surface area (Å²) in [6.07, 6.45) is 0. The Labute approximate surface area is 80.3 Å². The molecule has 0 spiro atoms. The van der Waals surface area contributed by atoms with Crippen LogP contribution in [-0.2, 0) is 14.4 Å². The molecule has 0 aliphatic rings. The first-order valence-electron chi connectivity index (χ1n) is 3.80. The van der Waals surface area contributed by atoms with Gasteiger partial charge in [0.1, 0.15) is 0 Å². The van der Waals surface area contributed by atoms with Crippen LogP contribution in [0.3, 0.4) is 0 Å². The summed E-state index contributed by atoms with van der Waals surface area (Å²) in [5, 5.41) is 17.0. The quantitative estimate of drug-likeness (QED) is 0.437. The van der Waals surface area contributed by atoms with Crippen molar-refractivity contribution in [1.82, 2.24) is 0 Å². The van der Waals surface area contributed by atoms with Crippen LogP contribution in [0.2, 0.25) is 0 Å². The highest BCUT2D eigenvalue weighted by Gasteiger charge is 2.30. The summed E-state index contributed by atoms with van der Waals surface area (Å²) in [7, 11) is 1.35. The van der Waals surface area contributed by atoms with Gasteiger partial charge in [-0.1, -0.05) is 0 Å². The molecule has 0 heterocycles. The van der Waals surface area contributed by atoms with E-state index in [9.17, 15) is 14.4 Å². The van der Waals surface area contributed by atoms with E-state index in [4.69, 9.17) is 15.9 Å². The first-order chi connectivity index (χ1) is 6.25. The summed E-state index contributed by atoms with van der Waals surface area (Å²) < 4.78 is -0.431. The second-order valence-corrected chi connectivity index (χ2v) is 3.35. The number of nitrogens with zero attached hydrogens (tertiary/aromatic N) is 1. The van der Waals surface area contributed by atoms with Crippen LogP contribution in [0.1, 0.15) is 0 Å². The van der Waals surface area contributed by atoms with Gasteiger partial charge in [-0.05, 0) is 0 Å². The largest absolute Gasteiger partial charge is 0.477 e. The molecule has 0 aromatic rings. The summed E-state index contributed by atoms with van der Waals surface area (Å²) in [5.41, 5.74) is 4.89. The van der Waals surface area contributed by atoms with Crippen molar-refractivity contribution in [3.8, 4) is 0 Å². The lowest BCUT2D eigenvalue weighted by Gasteiger charge is -2.29. The van der Waals surface area contributed by atoms with Crippen molar-refractivity contribution in [2.45, 2.75) is 0 Å². The molecule has 14 heavy (non-hydrogen) atoms. The minimum absolute atomic E-state index is 0.307. The monoisotopic (exact) mass is 205 g/mol. The maximum atomic E-state index is 10.6. The lowest BCUT2D eigenvalue weighted by atomic mass is 10.3. The topological polar surface area (TPSA) is 118 Å². The Hall–Kier alpha value is -1.63. The molecule has 0 radical (unpaired) electrons. The zero-order valence-electron chi connectivity index (χ0n) is 7.77. The van der Waals surface area contributed by atoms with Gasteiger partial charge in [0, 0.05) is 0 Å². The third kappa shape index (κ3) is 5.09. The third-order valence-corrected chi connectivity index (χ3v) is 1.57. The number of primary amides is 1. The summed E-state index contributed by atoms with van der Waals surface area (Å²) in [6.45, 7) is -1.21. The van der Waals surface area contributed by atoms with Crippen molar-refractivity contribution in [3.63, 3.8) is 0 Å². The van der Waals surface area contributed by atoms with E-state index in [2.05, 4.69) is 0 Å². The van der Waals surface area contributed by atoms with Gasteiger partial charge in [-0.25, -0.2) is 9.59 Å². The molecule has 7 heteroatoms. The van der Waals surface area contributed by atoms with E-state index in [1.54, 1.807) is 0 Å². The van der Waals surface area contributed by atoms with E-state index in [1.807, 2.05) is 0 Å². The molecule has 0 saturated heterocycles. The normalized spacial score (nSPS) is 10.9. The standard InChI is InChI=1S/C7H12N2O5/c1-9(2-5(8)10,3-6(11)12)4-7(13)14/h2-4H2,1H3,(H3-,8,10,11,12,13,14)/p+1. The first kappa shape index (κ1) is 12.4. The van der Waals surface area contributed by atoms with Crippen molar-refractivity contribution in [2.24, 2.45) is 5.73 Å². The maximum Gasteiger partial charge on any atom is 0.359 e. The molecule has 0 aromatic carbocycles. The molecule has 0 aliphatic carbocycles. The van der Waals surface area contributed by atoms with Crippen LogP contribution in [-0.4, -0.2) is 59.2 Å². The Bertz CT molecular complexity index is 222. The summed E-state index contributed by atoms with van der Waals surface area (Å²) in [6, 6.07) is 0. The lowest BCUT2D eigenvalue weighted by molar-refractivity contribution is -0.887. The average molecular weight is 205 g/mol. The zero-order valence-corrected chi connectivity index (χ0v) is 7.77. The molecule has 0 bridgehead atoms. The smallest absolute Gasteiger partial charge is 0.359 e. The van der Waals surface area contributed by atoms with E-state index in [0.29, 0.717) is 0 Å². The summed E-state index contributed by atoms with van der Waals surface area (Å²) in [4.78, 5) is 31.4. The highest BCUT2D eigenvalue weighted by Crippen LogP contribution is 2.00. The number of carboxylic acid groups (broad SMARTS) is 2. The minimum Gasteiger partial charge on any atom is -0.477 e. The van der Waals surface area contributed by atoms with Gasteiger partial charge >= 0.3 is 11.9 Å². The van der Waals surface area contributed by atoms with Crippen molar-refractivity contribution >= 4 is 17.8 Å². The number of hydrogen-bond acceptors (Lipinski definition) is 3. The lowest BCUT2D eigenvalue weighted by Crippen LogP contribution is -2.54. The van der Waals surface area contributed by atoms with Crippen LogP contribution in [0.25, 0.3) is 0 Å². The van der Waals surface area contributed by atoms with Crippen LogP contribution in [0, 0.1) is 0 Å². The van der Waals surface area contributed by atoms with E-state index in [0.717, 1.165) is 0 Å². The molecule has 0 fully saturated rings. The second kappa shape index (κ2) is 4.56. The van der Waals surface area contributed by atoms with Crippen LogP contribution in [0.5, 0.6) is 0 Å². The van der Waals surface area contributed by atoms with Gasteiger partial charge in [0.05, 0.1) is 7.05 Å². The van der Waals surface area contributed by atoms with Crippen LogP contribution in [0.4, 0.5) is 0 Å². The number of likely N-dealkylation sites (N-methyl/N-ethyl adjacent to an activating group) is 1. The molecule has 0 atom stereocenters. The minimum atomic E-state index is -1.17. The molecule has 0 rings (SSSR count). The molecule has 0 aliphatic heterocycles. The second-order valence-electron chi connectivity index (χ2n) is 3.35. The van der Waals surface area contributed by atoms with Gasteiger partial charge in [-0.2, -0.15) is 0 Å². The molecular formula is C7H13N2O5+. The molecule has 4 N–H and O–H groups in total. The molecule has 0 aromatic heterocycles. The van der Waals surface area contributed by atoms with Gasteiger partial charge in [0.2, 0.25) is 0 Å². The van der Waals surface area contributed by atoms with Crippen molar-refractivity contribution < 1.29 is 29.1 Å². The number of carbonyl (C=O) groups excluding carboxylic acids is 1. The Balaban J connectivity index is 4.56. The van der Waals surface area contributed by atoms with Crippen molar-refractivity contribution in [3.05, 3.63) is 0 Å². The Morgan fingerprint density at radius 1 is 1.07 bits per heavy atom. The van der Waals surface area contributed by atoms with Crippen molar-refractivity contribution in [1.29, 1.82) is 0 Å². The molecule has 80 valence electrons. The summed E-state index contributed by atoms with van der Waals surface area (Å²) in [5.74, 6) is -3.07. The van der Waals surface area contributed by atoms with E-state index in [1.165, 1.54) is 7.05 Å². The molecule has 0 saturated carbocycles. The van der Waals surface area contributed by atoms with E-state index in [-0.39, 0.29) is 6.54 Å². The first-order valence-corrected chi connectivity index (χ1v) is 3.80. The van der Waals surface area contributed by atoms with E-state index >= 15 is 0 Å². The van der Waals surface area contributed by atoms with Crippen LogP contribution in [0.15, 0.2) is 0 Å². The number of hydrogen-bond donors (Lipinski definition) is 3. The number of rotatable bonds is 6. The number of aliphatic carboxylic acids is 2. The third-order valence-electron chi connectivity index (χ3n) is 1.57. The molecular weight excluding hydrogens is 192 g/mol. The van der Waals surface area contributed by atoms with Gasteiger partial charge < -0.3 is 15.9 Å². The van der Waals surface area contributed by atoms with E-state index < -0.39 is 35.4 Å². The predicted molar refractivity (Wildman–Crippen MR) is 45.3 cm³/mol. The Kier molecular flexibility index (Phi) is 4.03. The SMILES string of the molecule is C[N+](CC(N)=O)(CC(=O)O)CC(=O)O. The Morgan fingerprint density at radius 2 is 1.43 bits per heavy atom.